The maximum atomic E-state index is 13.9. The molecule has 0 radical (unpaired) electrons. The highest BCUT2D eigenvalue weighted by molar-refractivity contribution is 7.10. The van der Waals surface area contributed by atoms with E-state index < -0.39 is 0 Å². The van der Waals surface area contributed by atoms with Crippen LogP contribution in [0, 0.1) is 6.92 Å². The van der Waals surface area contributed by atoms with Gasteiger partial charge in [-0.25, -0.2) is 0 Å². The molecule has 38 heavy (non-hydrogen) atoms. The van der Waals surface area contributed by atoms with Gasteiger partial charge in [0.2, 0.25) is 5.91 Å². The molecule has 0 saturated carbocycles. The van der Waals surface area contributed by atoms with Gasteiger partial charge in [0.05, 0.1) is 25.8 Å². The van der Waals surface area contributed by atoms with E-state index in [-0.39, 0.29) is 24.4 Å². The second kappa shape index (κ2) is 12.9. The number of nitrogens with zero attached hydrogens (tertiary/aromatic N) is 2. The van der Waals surface area contributed by atoms with Crippen molar-refractivity contribution in [3.05, 3.63) is 81.0 Å². The van der Waals surface area contributed by atoms with E-state index >= 15 is 0 Å². The molecule has 0 saturated heterocycles. The Morgan fingerprint density at radius 1 is 1.08 bits per heavy atom. The largest absolute Gasteiger partial charge is 0.497 e. The Labute approximate surface area is 228 Å². The Kier molecular flexibility index (Phi) is 9.42. The molecule has 2 aromatic carbocycles. The van der Waals surface area contributed by atoms with Crippen LogP contribution in [0.25, 0.3) is 0 Å². The average Bonchev–Trinajstić information content (AvgIpc) is 3.43. The van der Waals surface area contributed by atoms with Gasteiger partial charge in [-0.3, -0.25) is 9.59 Å². The summed E-state index contributed by atoms with van der Waals surface area (Å²) in [6.07, 6.45) is 1.44. The highest BCUT2D eigenvalue weighted by Gasteiger charge is 2.34. The Bertz CT molecular complexity index is 1240. The topological polar surface area (TPSA) is 68.3 Å². The van der Waals surface area contributed by atoms with Crippen LogP contribution in [0.3, 0.4) is 0 Å². The molecule has 1 aromatic heterocycles. The van der Waals surface area contributed by atoms with E-state index in [0.717, 1.165) is 12.0 Å². The van der Waals surface area contributed by atoms with Crippen molar-refractivity contribution < 1.29 is 23.8 Å². The molecule has 4 rings (SSSR count). The van der Waals surface area contributed by atoms with Gasteiger partial charge >= 0.3 is 0 Å². The Hall–Kier alpha value is -3.36. The van der Waals surface area contributed by atoms with E-state index in [4.69, 9.17) is 14.2 Å². The summed E-state index contributed by atoms with van der Waals surface area (Å²) < 4.78 is 16.3. The van der Waals surface area contributed by atoms with Crippen LogP contribution in [0.4, 0.5) is 0 Å². The van der Waals surface area contributed by atoms with Crippen molar-refractivity contribution >= 4 is 23.2 Å². The maximum Gasteiger partial charge on any atom is 0.258 e. The number of hydrogen-bond donors (Lipinski definition) is 0. The molecule has 1 aliphatic heterocycles. The van der Waals surface area contributed by atoms with Crippen LogP contribution in [0.15, 0.2) is 53.9 Å². The van der Waals surface area contributed by atoms with E-state index in [9.17, 15) is 9.59 Å². The van der Waals surface area contributed by atoms with Crippen LogP contribution in [-0.4, -0.2) is 68.7 Å². The minimum absolute atomic E-state index is 0.0258. The lowest BCUT2D eigenvalue weighted by molar-refractivity contribution is -0.134. The van der Waals surface area contributed by atoms with E-state index in [1.807, 2.05) is 11.8 Å². The molecule has 0 fully saturated rings. The number of fused-ring (bicyclic) bond motifs is 1. The third kappa shape index (κ3) is 6.19. The molecular formula is C30H36N2O5S. The fraction of sp³-hybridized carbons (Fsp3) is 0.400. The molecule has 1 atom stereocenters. The quantitative estimate of drug-likeness (QED) is 0.318. The highest BCUT2D eigenvalue weighted by Crippen LogP contribution is 2.38. The second-order valence-electron chi connectivity index (χ2n) is 9.29. The summed E-state index contributed by atoms with van der Waals surface area (Å²) in [5, 5.41) is 2.10. The average molecular weight is 537 g/mol. The lowest BCUT2D eigenvalue weighted by Gasteiger charge is -2.37. The van der Waals surface area contributed by atoms with Gasteiger partial charge in [0.15, 0.2) is 0 Å². The third-order valence-corrected chi connectivity index (χ3v) is 7.85. The molecule has 2 heterocycles. The summed E-state index contributed by atoms with van der Waals surface area (Å²) >= 11 is 1.74. The first-order valence-corrected chi connectivity index (χ1v) is 13.9. The minimum atomic E-state index is -0.255. The first-order valence-electron chi connectivity index (χ1n) is 13.0. The van der Waals surface area contributed by atoms with E-state index in [1.165, 1.54) is 23.1 Å². The second-order valence-corrected chi connectivity index (χ2v) is 10.3. The number of aryl methyl sites for hydroxylation is 1. The standard InChI is InChI=1S/C30H36N2O5S/c1-5-37-17-6-15-31(30(34)24-12-11-23(35-3)19-26(24)36-4)20-28(33)32-16-13-27-25(14-18-38-27)29(32)22-9-7-21(2)8-10-22/h7-12,14,18-19,29H,5-6,13,15-17,20H2,1-4H3. The number of carbonyl (C=O) groups is 2. The predicted molar refractivity (Wildman–Crippen MR) is 149 cm³/mol. The molecule has 0 N–H and O–H groups in total. The lowest BCUT2D eigenvalue weighted by atomic mass is 9.92. The number of rotatable bonds is 11. The third-order valence-electron chi connectivity index (χ3n) is 6.85. The van der Waals surface area contributed by atoms with Gasteiger partial charge in [-0.2, -0.15) is 0 Å². The molecule has 0 spiro atoms. The van der Waals surface area contributed by atoms with Gasteiger partial charge < -0.3 is 24.0 Å². The fourth-order valence-corrected chi connectivity index (χ4v) is 5.75. The molecule has 1 unspecified atom stereocenters. The van der Waals surface area contributed by atoms with Crippen molar-refractivity contribution in [2.75, 3.05) is 47.1 Å². The van der Waals surface area contributed by atoms with Gasteiger partial charge in [0.25, 0.3) is 5.91 Å². The minimum Gasteiger partial charge on any atom is -0.497 e. The van der Waals surface area contributed by atoms with Crippen LogP contribution in [0.2, 0.25) is 0 Å². The summed E-state index contributed by atoms with van der Waals surface area (Å²) in [7, 11) is 3.09. The van der Waals surface area contributed by atoms with Crippen LogP contribution < -0.4 is 9.47 Å². The van der Waals surface area contributed by atoms with Gasteiger partial charge in [-0.1, -0.05) is 29.8 Å². The van der Waals surface area contributed by atoms with Crippen molar-refractivity contribution in [1.29, 1.82) is 0 Å². The summed E-state index contributed by atoms with van der Waals surface area (Å²) in [5.41, 5.74) is 3.82. The number of thiophene rings is 1. The van der Waals surface area contributed by atoms with E-state index in [0.29, 0.717) is 49.8 Å². The lowest BCUT2D eigenvalue weighted by Crippen LogP contribution is -2.47. The Morgan fingerprint density at radius 3 is 2.58 bits per heavy atom. The molecule has 3 aromatic rings. The first-order chi connectivity index (χ1) is 18.5. The highest BCUT2D eigenvalue weighted by atomic mass is 32.1. The summed E-state index contributed by atoms with van der Waals surface area (Å²) in [5.74, 6) is 0.673. The summed E-state index contributed by atoms with van der Waals surface area (Å²) in [4.78, 5) is 32.5. The number of methoxy groups -OCH3 is 2. The molecule has 0 aliphatic carbocycles. The van der Waals surface area contributed by atoms with Gasteiger partial charge in [0.1, 0.15) is 18.0 Å². The van der Waals surface area contributed by atoms with Crippen molar-refractivity contribution in [2.45, 2.75) is 32.7 Å². The van der Waals surface area contributed by atoms with Crippen molar-refractivity contribution in [3.63, 3.8) is 0 Å². The molecule has 1 aliphatic rings. The van der Waals surface area contributed by atoms with Crippen LogP contribution in [0.5, 0.6) is 11.5 Å². The predicted octanol–water partition coefficient (Wildman–Crippen LogP) is 5.12. The zero-order valence-electron chi connectivity index (χ0n) is 22.6. The summed E-state index contributed by atoms with van der Waals surface area (Å²) in [6, 6.07) is 15.4. The van der Waals surface area contributed by atoms with Gasteiger partial charge in [-0.15, -0.1) is 11.3 Å². The van der Waals surface area contributed by atoms with Gasteiger partial charge in [0, 0.05) is 37.2 Å². The van der Waals surface area contributed by atoms with Crippen LogP contribution in [0.1, 0.15) is 51.3 Å². The number of hydrogen-bond acceptors (Lipinski definition) is 6. The zero-order chi connectivity index (χ0) is 27.1. The number of ether oxygens (including phenoxy) is 3. The van der Waals surface area contributed by atoms with E-state index in [2.05, 4.69) is 42.6 Å². The molecule has 202 valence electrons. The zero-order valence-corrected chi connectivity index (χ0v) is 23.4. The number of benzene rings is 2. The molecular weight excluding hydrogens is 500 g/mol. The molecule has 2 amide bonds. The van der Waals surface area contributed by atoms with Gasteiger partial charge in [-0.05, 0) is 61.4 Å². The number of carbonyl (C=O) groups excluding carboxylic acids is 2. The van der Waals surface area contributed by atoms with E-state index in [1.54, 1.807) is 41.5 Å². The SMILES string of the molecule is CCOCCCN(CC(=O)N1CCc2sccc2C1c1ccc(C)cc1)C(=O)c1ccc(OC)cc1OC. The normalized spacial score (nSPS) is 14.6. The van der Waals surface area contributed by atoms with Crippen molar-refractivity contribution in [3.8, 4) is 11.5 Å². The molecule has 7 nitrogen and oxygen atoms in total. The van der Waals surface area contributed by atoms with Crippen LogP contribution >= 0.6 is 11.3 Å². The molecule has 8 heteroatoms. The van der Waals surface area contributed by atoms with Crippen LogP contribution in [-0.2, 0) is 16.0 Å². The summed E-state index contributed by atoms with van der Waals surface area (Å²) in [6.45, 7) is 6.10. The van der Waals surface area contributed by atoms with Crippen molar-refractivity contribution in [1.82, 2.24) is 9.80 Å². The number of amides is 2. The Morgan fingerprint density at radius 2 is 1.87 bits per heavy atom. The Balaban J connectivity index is 1.61. The monoisotopic (exact) mass is 536 g/mol. The first kappa shape index (κ1) is 27.7. The molecule has 0 bridgehead atoms. The maximum absolute atomic E-state index is 13.9. The smallest absolute Gasteiger partial charge is 0.258 e. The van der Waals surface area contributed by atoms with Crippen molar-refractivity contribution in [2.24, 2.45) is 0 Å². The fourth-order valence-electron chi connectivity index (χ4n) is 4.85.